The molecule has 1 fully saturated rings. The van der Waals surface area contributed by atoms with Crippen LogP contribution in [-0.4, -0.2) is 16.3 Å². The van der Waals surface area contributed by atoms with Crippen LogP contribution in [0.5, 0.6) is 5.75 Å². The number of carbonyl (C=O) groups is 2. The zero-order valence-electron chi connectivity index (χ0n) is 8.16. The summed E-state index contributed by atoms with van der Waals surface area (Å²) in [6.45, 7) is 0. The van der Waals surface area contributed by atoms with Crippen molar-refractivity contribution < 1.29 is 14.7 Å². The molecule has 2 rings (SSSR count). The van der Waals surface area contributed by atoms with Crippen molar-refractivity contribution in [1.29, 1.82) is 0 Å². The van der Waals surface area contributed by atoms with Gasteiger partial charge in [-0.15, -0.1) is 0 Å². The molecule has 1 aliphatic rings. The predicted molar refractivity (Wildman–Crippen MR) is 67.2 cm³/mol. The number of carbonyl (C=O) groups excluding carboxylic acids is 2. The number of halogens is 2. The van der Waals surface area contributed by atoms with Crippen LogP contribution in [0, 0.1) is 0 Å². The van der Waals surface area contributed by atoms with Crippen molar-refractivity contribution >= 4 is 52.2 Å². The Hall–Kier alpha value is -1.17. The van der Waals surface area contributed by atoms with Crippen molar-refractivity contribution in [3.8, 4) is 5.75 Å². The number of phenols is 1. The van der Waals surface area contributed by atoms with Gasteiger partial charge in [-0.25, -0.2) is 0 Å². The first kappa shape index (κ1) is 12.3. The van der Waals surface area contributed by atoms with E-state index in [2.05, 4.69) is 5.32 Å². The lowest BCUT2D eigenvalue weighted by Gasteiger charge is -2.03. The minimum absolute atomic E-state index is 0.0825. The maximum atomic E-state index is 11.3. The minimum Gasteiger partial charge on any atom is -0.506 e. The average molecular weight is 290 g/mol. The molecule has 1 aliphatic heterocycles. The zero-order valence-corrected chi connectivity index (χ0v) is 10.5. The molecule has 0 spiro atoms. The molecule has 0 saturated carbocycles. The largest absolute Gasteiger partial charge is 0.506 e. The van der Waals surface area contributed by atoms with E-state index in [-0.39, 0.29) is 21.2 Å². The van der Waals surface area contributed by atoms with E-state index in [4.69, 9.17) is 23.2 Å². The van der Waals surface area contributed by atoms with Gasteiger partial charge >= 0.3 is 0 Å². The molecule has 2 N–H and O–H groups in total. The highest BCUT2D eigenvalue weighted by molar-refractivity contribution is 8.18. The molecule has 0 unspecified atom stereocenters. The molecule has 0 radical (unpaired) electrons. The van der Waals surface area contributed by atoms with E-state index in [9.17, 15) is 14.7 Å². The van der Waals surface area contributed by atoms with E-state index >= 15 is 0 Å². The molecule has 4 nitrogen and oxygen atoms in total. The molecule has 0 atom stereocenters. The van der Waals surface area contributed by atoms with Gasteiger partial charge in [0.25, 0.3) is 11.1 Å². The normalized spacial score (nSPS) is 17.6. The van der Waals surface area contributed by atoms with Crippen LogP contribution in [-0.2, 0) is 4.79 Å². The molecule has 88 valence electrons. The van der Waals surface area contributed by atoms with Crippen molar-refractivity contribution in [2.24, 2.45) is 0 Å². The molecule has 1 saturated heterocycles. The fourth-order valence-electron chi connectivity index (χ4n) is 1.26. The topological polar surface area (TPSA) is 66.4 Å². The number of amides is 2. The fraction of sp³-hybridized carbons (Fsp3) is 0. The molecule has 0 aromatic heterocycles. The molecule has 0 aliphatic carbocycles. The number of benzene rings is 1. The average Bonchev–Trinajstić information content (AvgIpc) is 2.53. The molecule has 1 aromatic rings. The SMILES string of the molecule is O=C1NC(=O)/C(=C\c2cc(Cl)cc(Cl)c2O)S1. The summed E-state index contributed by atoms with van der Waals surface area (Å²) in [7, 11) is 0. The Kier molecular flexibility index (Phi) is 3.33. The van der Waals surface area contributed by atoms with Gasteiger partial charge < -0.3 is 5.11 Å². The summed E-state index contributed by atoms with van der Waals surface area (Å²) in [5, 5.41) is 11.7. The summed E-state index contributed by atoms with van der Waals surface area (Å²) in [4.78, 5) is 22.4. The zero-order chi connectivity index (χ0) is 12.6. The van der Waals surface area contributed by atoms with Crippen molar-refractivity contribution in [3.63, 3.8) is 0 Å². The first-order valence-corrected chi connectivity index (χ1v) is 5.97. The summed E-state index contributed by atoms with van der Waals surface area (Å²) in [6.07, 6.45) is 1.36. The van der Waals surface area contributed by atoms with E-state index in [1.807, 2.05) is 0 Å². The summed E-state index contributed by atoms with van der Waals surface area (Å²) in [6, 6.07) is 2.83. The molecule has 2 amide bonds. The highest BCUT2D eigenvalue weighted by Crippen LogP contribution is 2.34. The van der Waals surface area contributed by atoms with Crippen molar-refractivity contribution in [1.82, 2.24) is 5.32 Å². The van der Waals surface area contributed by atoms with Crippen LogP contribution in [0.25, 0.3) is 6.08 Å². The van der Waals surface area contributed by atoms with Gasteiger partial charge in [-0.3, -0.25) is 14.9 Å². The van der Waals surface area contributed by atoms with Crippen LogP contribution >= 0.6 is 35.0 Å². The minimum atomic E-state index is -0.504. The summed E-state index contributed by atoms with van der Waals surface area (Å²) in [5.74, 6) is -0.688. The number of phenolic OH excluding ortho intramolecular Hbond substituents is 1. The van der Waals surface area contributed by atoms with Crippen LogP contribution in [0.1, 0.15) is 5.56 Å². The lowest BCUT2D eigenvalue weighted by molar-refractivity contribution is -0.115. The number of aromatic hydroxyl groups is 1. The summed E-state index contributed by atoms with van der Waals surface area (Å²) < 4.78 is 0. The Morgan fingerprint density at radius 2 is 2.00 bits per heavy atom. The molecule has 17 heavy (non-hydrogen) atoms. The maximum Gasteiger partial charge on any atom is 0.290 e. The Morgan fingerprint density at radius 3 is 2.59 bits per heavy atom. The second-order valence-corrected chi connectivity index (χ2v) is 5.04. The van der Waals surface area contributed by atoms with Gasteiger partial charge in [-0.05, 0) is 30.0 Å². The van der Waals surface area contributed by atoms with E-state index < -0.39 is 11.1 Å². The molecular weight excluding hydrogens is 285 g/mol. The standard InChI is InChI=1S/C10H5Cl2NO3S/c11-5-1-4(8(14)6(12)3-5)2-7-9(15)13-10(16)17-7/h1-3,14H,(H,13,15,16)/b7-2+. The quantitative estimate of drug-likeness (QED) is 0.780. The van der Waals surface area contributed by atoms with E-state index in [1.165, 1.54) is 18.2 Å². The third-order valence-corrected chi connectivity index (χ3v) is 3.30. The Labute approximate surface area is 111 Å². The van der Waals surface area contributed by atoms with Crippen LogP contribution < -0.4 is 5.32 Å². The number of rotatable bonds is 1. The van der Waals surface area contributed by atoms with Crippen LogP contribution in [0.2, 0.25) is 10.0 Å². The number of imide groups is 1. The second kappa shape index (κ2) is 4.60. The number of hydrogen-bond acceptors (Lipinski definition) is 4. The molecule has 0 bridgehead atoms. The van der Waals surface area contributed by atoms with Crippen molar-refractivity contribution in [3.05, 3.63) is 32.6 Å². The van der Waals surface area contributed by atoms with E-state index in [1.54, 1.807) is 0 Å². The third kappa shape index (κ3) is 2.57. The van der Waals surface area contributed by atoms with Crippen LogP contribution in [0.3, 0.4) is 0 Å². The van der Waals surface area contributed by atoms with Gasteiger partial charge in [0, 0.05) is 10.6 Å². The maximum absolute atomic E-state index is 11.3. The third-order valence-electron chi connectivity index (χ3n) is 1.99. The lowest BCUT2D eigenvalue weighted by Crippen LogP contribution is -2.17. The first-order valence-electron chi connectivity index (χ1n) is 4.40. The second-order valence-electron chi connectivity index (χ2n) is 3.18. The Morgan fingerprint density at radius 1 is 1.29 bits per heavy atom. The lowest BCUT2D eigenvalue weighted by atomic mass is 10.2. The number of thioether (sulfide) groups is 1. The van der Waals surface area contributed by atoms with Gasteiger partial charge in [0.05, 0.1) is 9.93 Å². The highest BCUT2D eigenvalue weighted by Gasteiger charge is 2.25. The molecular formula is C10H5Cl2NO3S. The molecule has 1 heterocycles. The van der Waals surface area contributed by atoms with Gasteiger partial charge in [0.1, 0.15) is 5.75 Å². The monoisotopic (exact) mass is 289 g/mol. The predicted octanol–water partition coefficient (Wildman–Crippen LogP) is 3.02. The van der Waals surface area contributed by atoms with E-state index in [0.29, 0.717) is 5.02 Å². The fourth-order valence-corrected chi connectivity index (χ4v) is 2.44. The van der Waals surface area contributed by atoms with Gasteiger partial charge in [-0.1, -0.05) is 23.2 Å². The van der Waals surface area contributed by atoms with E-state index in [0.717, 1.165) is 11.8 Å². The molecule has 7 heteroatoms. The highest BCUT2D eigenvalue weighted by atomic mass is 35.5. The molecule has 1 aromatic carbocycles. The Balaban J connectivity index is 2.46. The van der Waals surface area contributed by atoms with Gasteiger partial charge in [0.15, 0.2) is 0 Å². The summed E-state index contributed by atoms with van der Waals surface area (Å²) >= 11 is 12.3. The Bertz CT molecular complexity index is 557. The van der Waals surface area contributed by atoms with Gasteiger partial charge in [0.2, 0.25) is 0 Å². The van der Waals surface area contributed by atoms with Crippen molar-refractivity contribution in [2.75, 3.05) is 0 Å². The first-order chi connectivity index (χ1) is 7.97. The number of nitrogens with one attached hydrogen (secondary N) is 1. The smallest absolute Gasteiger partial charge is 0.290 e. The van der Waals surface area contributed by atoms with Gasteiger partial charge in [-0.2, -0.15) is 0 Å². The number of hydrogen-bond donors (Lipinski definition) is 2. The van der Waals surface area contributed by atoms with Crippen LogP contribution in [0.15, 0.2) is 17.0 Å². The summed E-state index contributed by atoms with van der Waals surface area (Å²) in [5.41, 5.74) is 0.287. The van der Waals surface area contributed by atoms with Crippen LogP contribution in [0.4, 0.5) is 4.79 Å². The van der Waals surface area contributed by atoms with Crippen molar-refractivity contribution in [2.45, 2.75) is 0 Å².